The third-order valence-electron chi connectivity index (χ3n) is 4.12. The largest absolute Gasteiger partial charge is 0.394 e. The van der Waals surface area contributed by atoms with E-state index in [0.717, 1.165) is 12.8 Å². The van der Waals surface area contributed by atoms with Crippen LogP contribution in [0.2, 0.25) is 0 Å². The molecule has 0 radical (unpaired) electrons. The van der Waals surface area contributed by atoms with Gasteiger partial charge in [-0.25, -0.2) is 0 Å². The van der Waals surface area contributed by atoms with Crippen LogP contribution < -0.4 is 5.32 Å². The quantitative estimate of drug-likeness (QED) is 0.335. The lowest BCUT2D eigenvalue weighted by Crippen LogP contribution is -2.44. The molecule has 0 aromatic rings. The second-order valence-corrected chi connectivity index (χ2v) is 6.54. The van der Waals surface area contributed by atoms with E-state index in [-0.39, 0.29) is 12.5 Å². The van der Waals surface area contributed by atoms with Crippen LogP contribution in [0.1, 0.15) is 90.9 Å². The Labute approximate surface area is 148 Å². The number of hydrogen-bond donors (Lipinski definition) is 3. The van der Waals surface area contributed by atoms with Gasteiger partial charge in [0.05, 0.1) is 12.6 Å². The molecule has 0 heterocycles. The molecule has 0 aliphatic carbocycles. The summed E-state index contributed by atoms with van der Waals surface area (Å²) in [5.74, 6) is 5.37. The molecule has 0 rings (SSSR count). The van der Waals surface area contributed by atoms with E-state index in [2.05, 4.69) is 24.1 Å². The zero-order chi connectivity index (χ0) is 18.0. The fraction of sp³-hybridized carbons (Fsp3) is 0.850. The summed E-state index contributed by atoms with van der Waals surface area (Å²) in [4.78, 5) is 10.9. The number of aliphatic hydroxyl groups excluding tert-OH is 2. The van der Waals surface area contributed by atoms with Gasteiger partial charge in [0.15, 0.2) is 0 Å². The van der Waals surface area contributed by atoms with Crippen molar-refractivity contribution in [3.63, 3.8) is 0 Å². The van der Waals surface area contributed by atoms with Crippen LogP contribution in [0.5, 0.6) is 0 Å². The van der Waals surface area contributed by atoms with Crippen molar-refractivity contribution in [3.05, 3.63) is 0 Å². The predicted molar refractivity (Wildman–Crippen MR) is 99.6 cm³/mol. The van der Waals surface area contributed by atoms with Crippen LogP contribution in [0.4, 0.5) is 0 Å². The van der Waals surface area contributed by atoms with Crippen molar-refractivity contribution in [3.8, 4) is 11.8 Å². The highest BCUT2D eigenvalue weighted by atomic mass is 16.3. The maximum atomic E-state index is 10.9. The predicted octanol–water partition coefficient (Wildman–Crippen LogP) is 3.55. The van der Waals surface area contributed by atoms with E-state index in [1.165, 1.54) is 71.1 Å². The third-order valence-corrected chi connectivity index (χ3v) is 4.12. The molecule has 0 aromatic carbocycles. The second-order valence-electron chi connectivity index (χ2n) is 6.54. The summed E-state index contributed by atoms with van der Waals surface area (Å²) in [7, 11) is 0. The molecule has 24 heavy (non-hydrogen) atoms. The van der Waals surface area contributed by atoms with Crippen LogP contribution in [0.25, 0.3) is 0 Å². The van der Waals surface area contributed by atoms with E-state index in [1.54, 1.807) is 0 Å². The summed E-state index contributed by atoms with van der Waals surface area (Å²) in [5.41, 5.74) is 0. The summed E-state index contributed by atoms with van der Waals surface area (Å²) in [6.07, 6.45) is 14.1. The van der Waals surface area contributed by atoms with Crippen LogP contribution in [0, 0.1) is 11.8 Å². The van der Waals surface area contributed by atoms with Gasteiger partial charge >= 0.3 is 0 Å². The van der Waals surface area contributed by atoms with Crippen molar-refractivity contribution in [2.75, 3.05) is 6.61 Å². The van der Waals surface area contributed by atoms with E-state index < -0.39 is 12.1 Å². The first-order valence-corrected chi connectivity index (χ1v) is 9.66. The molecule has 0 aromatic heterocycles. The maximum Gasteiger partial charge on any atom is 0.217 e. The molecular weight excluding hydrogens is 302 g/mol. The van der Waals surface area contributed by atoms with Gasteiger partial charge in [0, 0.05) is 13.3 Å². The number of unbranched alkanes of at least 4 members (excludes halogenated alkanes) is 11. The van der Waals surface area contributed by atoms with Gasteiger partial charge in [-0.2, -0.15) is 0 Å². The van der Waals surface area contributed by atoms with Gasteiger partial charge in [0.25, 0.3) is 0 Å². The summed E-state index contributed by atoms with van der Waals surface area (Å²) in [6.45, 7) is 3.29. The van der Waals surface area contributed by atoms with E-state index in [0.29, 0.717) is 0 Å². The SMILES string of the molecule is CCCCCCCCCCCCCC#C[C@@H](O)[C@H](CO)NC(C)=O. The van der Waals surface area contributed by atoms with Crippen LogP contribution >= 0.6 is 0 Å². The molecule has 0 aliphatic heterocycles. The number of nitrogens with one attached hydrogen (secondary N) is 1. The van der Waals surface area contributed by atoms with Crippen LogP contribution in [0.15, 0.2) is 0 Å². The van der Waals surface area contributed by atoms with E-state index in [4.69, 9.17) is 5.11 Å². The first-order valence-electron chi connectivity index (χ1n) is 9.66. The Morgan fingerprint density at radius 3 is 1.92 bits per heavy atom. The zero-order valence-electron chi connectivity index (χ0n) is 15.6. The van der Waals surface area contributed by atoms with Gasteiger partial charge in [-0.15, -0.1) is 5.92 Å². The smallest absolute Gasteiger partial charge is 0.217 e. The van der Waals surface area contributed by atoms with Gasteiger partial charge in [-0.1, -0.05) is 77.1 Å². The third kappa shape index (κ3) is 14.5. The lowest BCUT2D eigenvalue weighted by atomic mass is 10.1. The van der Waals surface area contributed by atoms with Crippen molar-refractivity contribution in [1.82, 2.24) is 5.32 Å². The standard InChI is InChI=1S/C20H37NO3/c1-3-4-5-6-7-8-9-10-11-12-13-14-15-16-20(24)19(17-22)21-18(2)23/h19-20,22,24H,3-14,17H2,1-2H3,(H,21,23)/t19-,20+/m0/s1. The molecule has 4 nitrogen and oxygen atoms in total. The lowest BCUT2D eigenvalue weighted by Gasteiger charge is -2.16. The van der Waals surface area contributed by atoms with Crippen LogP contribution in [-0.4, -0.2) is 34.9 Å². The molecule has 0 bridgehead atoms. The molecule has 4 heteroatoms. The summed E-state index contributed by atoms with van der Waals surface area (Å²) in [6, 6.07) is -0.702. The Bertz CT molecular complexity index is 360. The fourth-order valence-electron chi connectivity index (χ4n) is 2.64. The molecule has 2 atom stereocenters. The molecule has 140 valence electrons. The highest BCUT2D eigenvalue weighted by Gasteiger charge is 2.16. The highest BCUT2D eigenvalue weighted by Crippen LogP contribution is 2.11. The average molecular weight is 340 g/mol. The van der Waals surface area contributed by atoms with Gasteiger partial charge < -0.3 is 15.5 Å². The molecule has 1 amide bonds. The Morgan fingerprint density at radius 2 is 1.46 bits per heavy atom. The number of carbonyl (C=O) groups is 1. The van der Waals surface area contributed by atoms with Crippen LogP contribution in [0.3, 0.4) is 0 Å². The Kier molecular flexibility index (Phi) is 16.1. The second kappa shape index (κ2) is 16.8. The number of hydrogen-bond acceptors (Lipinski definition) is 3. The lowest BCUT2D eigenvalue weighted by molar-refractivity contribution is -0.120. The number of carbonyl (C=O) groups excluding carboxylic acids is 1. The maximum absolute atomic E-state index is 10.9. The van der Waals surface area contributed by atoms with E-state index in [9.17, 15) is 9.90 Å². The van der Waals surface area contributed by atoms with Gasteiger partial charge in [0.1, 0.15) is 6.10 Å². The normalized spacial score (nSPS) is 13.0. The average Bonchev–Trinajstić information content (AvgIpc) is 2.56. The molecule has 0 saturated carbocycles. The van der Waals surface area contributed by atoms with Gasteiger partial charge in [-0.05, 0) is 6.42 Å². The van der Waals surface area contributed by atoms with Crippen molar-refractivity contribution in [2.45, 2.75) is 103 Å². The van der Waals surface area contributed by atoms with E-state index in [1.807, 2.05) is 0 Å². The van der Waals surface area contributed by atoms with Crippen molar-refractivity contribution in [2.24, 2.45) is 0 Å². The minimum atomic E-state index is -1.01. The van der Waals surface area contributed by atoms with Crippen molar-refractivity contribution in [1.29, 1.82) is 0 Å². The molecule has 0 unspecified atom stereocenters. The van der Waals surface area contributed by atoms with E-state index >= 15 is 0 Å². The molecule has 0 saturated heterocycles. The summed E-state index contributed by atoms with van der Waals surface area (Å²) < 4.78 is 0. The topological polar surface area (TPSA) is 69.6 Å². The van der Waals surface area contributed by atoms with Gasteiger partial charge in [0.2, 0.25) is 5.91 Å². The van der Waals surface area contributed by atoms with Crippen molar-refractivity contribution >= 4 is 5.91 Å². The number of rotatable bonds is 14. The monoisotopic (exact) mass is 339 g/mol. The first-order chi connectivity index (χ1) is 11.6. The minimum Gasteiger partial charge on any atom is -0.394 e. The molecule has 0 aliphatic rings. The fourth-order valence-corrected chi connectivity index (χ4v) is 2.64. The molecule has 0 spiro atoms. The summed E-state index contributed by atoms with van der Waals surface area (Å²) in [5, 5.41) is 21.4. The highest BCUT2D eigenvalue weighted by molar-refractivity contribution is 5.73. The zero-order valence-corrected chi connectivity index (χ0v) is 15.6. The molecule has 3 N–H and O–H groups in total. The number of aliphatic hydroxyl groups is 2. The number of amides is 1. The van der Waals surface area contributed by atoms with Crippen LogP contribution in [-0.2, 0) is 4.79 Å². The Morgan fingerprint density at radius 1 is 0.958 bits per heavy atom. The Balaban J connectivity index is 3.51. The summed E-state index contributed by atoms with van der Waals surface area (Å²) >= 11 is 0. The molecular formula is C20H37NO3. The minimum absolute atomic E-state index is 0.278. The van der Waals surface area contributed by atoms with Gasteiger partial charge in [-0.3, -0.25) is 4.79 Å². The van der Waals surface area contributed by atoms with Crippen molar-refractivity contribution < 1.29 is 15.0 Å². The Hall–Kier alpha value is -1.05. The molecule has 0 fully saturated rings. The first kappa shape index (κ1) is 22.9.